The fourth-order valence-electron chi connectivity index (χ4n) is 2.74. The van der Waals surface area contributed by atoms with Gasteiger partial charge >= 0.3 is 0 Å². The Morgan fingerprint density at radius 1 is 1.09 bits per heavy atom. The molecule has 1 rings (SSSR count). The first-order valence-corrected chi connectivity index (χ1v) is 4.51. The van der Waals surface area contributed by atoms with Crippen LogP contribution in [-0.4, -0.2) is 17.1 Å². The van der Waals surface area contributed by atoms with Gasteiger partial charge in [0.05, 0.1) is 30.0 Å². The molecule has 5 N–H and O–H groups in total. The van der Waals surface area contributed by atoms with E-state index in [9.17, 15) is 0 Å². The third-order valence-electron chi connectivity index (χ3n) is 2.41. The second-order valence-corrected chi connectivity index (χ2v) is 5.40. The van der Waals surface area contributed by atoms with Crippen molar-refractivity contribution in [1.82, 2.24) is 0 Å². The summed E-state index contributed by atoms with van der Waals surface area (Å²) in [6.07, 6.45) is 2.49. The molecule has 0 spiro atoms. The first kappa shape index (κ1) is 9.01. The molecule has 1 heterocycles. The van der Waals surface area contributed by atoms with Crippen molar-refractivity contribution in [2.45, 2.75) is 57.7 Å². The summed E-state index contributed by atoms with van der Waals surface area (Å²) in [6, 6.07) is 0.644. The van der Waals surface area contributed by atoms with Gasteiger partial charge in [0, 0.05) is 0 Å². The number of rotatable bonds is 0. The highest BCUT2D eigenvalue weighted by Crippen LogP contribution is 2.18. The van der Waals surface area contributed by atoms with Gasteiger partial charge in [0.1, 0.15) is 0 Å². The zero-order valence-corrected chi connectivity index (χ0v) is 8.28. The Morgan fingerprint density at radius 2 is 1.45 bits per heavy atom. The number of hydrogen-bond acceptors (Lipinski definition) is 0. The van der Waals surface area contributed by atoms with Crippen LogP contribution in [0.15, 0.2) is 0 Å². The zero-order valence-electron chi connectivity index (χ0n) is 8.28. The van der Waals surface area contributed by atoms with Crippen molar-refractivity contribution in [1.29, 1.82) is 0 Å². The van der Waals surface area contributed by atoms with Gasteiger partial charge in [0.2, 0.25) is 0 Å². The lowest BCUT2D eigenvalue weighted by molar-refractivity contribution is -0.796. The van der Waals surface area contributed by atoms with Gasteiger partial charge in [-0.15, -0.1) is 0 Å². The molecule has 0 aromatic carbocycles. The topological polar surface area (TPSA) is 44.2 Å². The molecule has 0 saturated carbocycles. The predicted molar refractivity (Wildman–Crippen MR) is 46.0 cm³/mol. The van der Waals surface area contributed by atoms with Crippen LogP contribution < -0.4 is 11.1 Å². The molecule has 0 unspecified atom stereocenters. The molecule has 0 amide bonds. The highest BCUT2D eigenvalue weighted by atomic mass is 15.1. The number of hydrogen-bond donors (Lipinski definition) is 2. The average molecular weight is 158 g/mol. The molecular weight excluding hydrogens is 136 g/mol. The van der Waals surface area contributed by atoms with E-state index in [1.165, 1.54) is 12.8 Å². The molecule has 0 aromatic rings. The molecule has 1 aliphatic rings. The molecule has 11 heavy (non-hydrogen) atoms. The maximum absolute atomic E-state index is 4.17. The first-order valence-electron chi connectivity index (χ1n) is 4.51. The maximum Gasteiger partial charge on any atom is 0.0965 e. The zero-order chi connectivity index (χ0) is 8.70. The van der Waals surface area contributed by atoms with E-state index in [2.05, 4.69) is 38.7 Å². The van der Waals surface area contributed by atoms with E-state index in [-0.39, 0.29) is 0 Å². The largest absolute Gasteiger partial charge is 0.355 e. The Balaban J connectivity index is 2.66. The van der Waals surface area contributed by atoms with Crippen molar-refractivity contribution in [2.75, 3.05) is 0 Å². The average Bonchev–Trinajstić information content (AvgIpc) is 1.49. The van der Waals surface area contributed by atoms with Gasteiger partial charge in [-0.2, -0.15) is 0 Å². The summed E-state index contributed by atoms with van der Waals surface area (Å²) in [4.78, 5) is 0. The highest BCUT2D eigenvalue weighted by molar-refractivity contribution is 4.82. The summed E-state index contributed by atoms with van der Waals surface area (Å²) < 4.78 is 0. The first-order chi connectivity index (χ1) is 4.81. The molecule has 1 saturated heterocycles. The van der Waals surface area contributed by atoms with Crippen molar-refractivity contribution < 1.29 is 11.1 Å². The van der Waals surface area contributed by atoms with E-state index >= 15 is 0 Å². The minimum Gasteiger partial charge on any atom is -0.355 e. The van der Waals surface area contributed by atoms with E-state index in [0.717, 1.165) is 0 Å². The fraction of sp³-hybridized carbons (Fsp3) is 1.00. The summed E-state index contributed by atoms with van der Waals surface area (Å²) >= 11 is 0. The van der Waals surface area contributed by atoms with Gasteiger partial charge in [-0.3, -0.25) is 0 Å². The van der Waals surface area contributed by atoms with E-state index in [1.54, 1.807) is 0 Å². The second-order valence-electron chi connectivity index (χ2n) is 5.40. The van der Waals surface area contributed by atoms with Crippen LogP contribution in [0.25, 0.3) is 0 Å². The van der Waals surface area contributed by atoms with Gasteiger partial charge in [-0.25, -0.2) is 0 Å². The molecule has 1 fully saturated rings. The minimum absolute atomic E-state index is 0.397. The van der Waals surface area contributed by atoms with Crippen molar-refractivity contribution in [3.8, 4) is 0 Å². The van der Waals surface area contributed by atoms with Gasteiger partial charge in [0.25, 0.3) is 0 Å². The standard InChI is InChI=1S/C9H20N2/c1-8(2)5-7(10)6-9(3,4)11-8/h7,11H,5-6,10H2,1-4H3/p+2. The Bertz CT molecular complexity index is 134. The number of nitrogens with two attached hydrogens (primary N) is 1. The van der Waals surface area contributed by atoms with Gasteiger partial charge < -0.3 is 11.1 Å². The third-order valence-corrected chi connectivity index (χ3v) is 2.41. The maximum atomic E-state index is 4.17. The minimum atomic E-state index is 0.397. The van der Waals surface area contributed by atoms with Crippen LogP contribution >= 0.6 is 0 Å². The molecule has 2 nitrogen and oxygen atoms in total. The van der Waals surface area contributed by atoms with Crippen LogP contribution in [0.4, 0.5) is 0 Å². The Hall–Kier alpha value is -0.0800. The van der Waals surface area contributed by atoms with Crippen LogP contribution in [0.1, 0.15) is 40.5 Å². The summed E-state index contributed by atoms with van der Waals surface area (Å²) in [7, 11) is 0. The molecule has 0 atom stereocenters. The monoisotopic (exact) mass is 158 g/mol. The summed E-state index contributed by atoms with van der Waals surface area (Å²) in [6.45, 7) is 9.25. The van der Waals surface area contributed by atoms with Gasteiger partial charge in [-0.1, -0.05) is 0 Å². The molecule has 0 bridgehead atoms. The SMILES string of the molecule is CC1(C)CC([NH3+])CC(C)(C)[NH2+]1. The van der Waals surface area contributed by atoms with Crippen LogP contribution in [0, 0.1) is 0 Å². The summed E-state index contributed by atoms with van der Waals surface area (Å²) in [5.74, 6) is 0. The van der Waals surface area contributed by atoms with Crippen molar-refractivity contribution >= 4 is 0 Å². The second kappa shape index (κ2) is 2.46. The normalized spacial score (nSPS) is 30.3. The molecule has 66 valence electrons. The lowest BCUT2D eigenvalue weighted by Gasteiger charge is -2.40. The lowest BCUT2D eigenvalue weighted by atomic mass is 9.80. The molecule has 1 aliphatic heterocycles. The van der Waals surface area contributed by atoms with Crippen LogP contribution in [-0.2, 0) is 0 Å². The Labute approximate surface area is 69.5 Å². The van der Waals surface area contributed by atoms with Gasteiger partial charge in [-0.05, 0) is 27.7 Å². The highest BCUT2D eigenvalue weighted by Gasteiger charge is 2.41. The van der Waals surface area contributed by atoms with E-state index < -0.39 is 0 Å². The molecule has 0 aromatic heterocycles. The summed E-state index contributed by atoms with van der Waals surface area (Å²) in [5.41, 5.74) is 4.96. The smallest absolute Gasteiger partial charge is 0.0965 e. The van der Waals surface area contributed by atoms with Crippen molar-refractivity contribution in [3.63, 3.8) is 0 Å². The Kier molecular flexibility index (Phi) is 2.01. The fourth-order valence-corrected chi connectivity index (χ4v) is 2.74. The number of piperidine rings is 1. The molecule has 0 aliphatic carbocycles. The van der Waals surface area contributed by atoms with Crippen LogP contribution in [0.2, 0.25) is 0 Å². The molecule has 2 heteroatoms. The van der Waals surface area contributed by atoms with E-state index in [1.807, 2.05) is 0 Å². The van der Waals surface area contributed by atoms with Crippen LogP contribution in [0.5, 0.6) is 0 Å². The van der Waals surface area contributed by atoms with Crippen LogP contribution in [0.3, 0.4) is 0 Å². The predicted octanol–water partition coefficient (Wildman–Crippen LogP) is -0.489. The van der Waals surface area contributed by atoms with E-state index in [0.29, 0.717) is 17.1 Å². The van der Waals surface area contributed by atoms with E-state index in [4.69, 9.17) is 0 Å². The molecular formula is C9H22N2+2. The Morgan fingerprint density at radius 3 is 1.73 bits per heavy atom. The lowest BCUT2D eigenvalue weighted by Crippen LogP contribution is -3.07. The number of quaternary nitrogens is 2. The van der Waals surface area contributed by atoms with Crippen molar-refractivity contribution in [2.24, 2.45) is 0 Å². The quantitative estimate of drug-likeness (QED) is 0.478. The molecule has 0 radical (unpaired) electrons. The van der Waals surface area contributed by atoms with Crippen molar-refractivity contribution in [3.05, 3.63) is 0 Å². The third kappa shape index (κ3) is 2.46. The summed E-state index contributed by atoms with van der Waals surface area (Å²) in [5, 5.41) is 2.49. The van der Waals surface area contributed by atoms with Gasteiger partial charge in [0.15, 0.2) is 0 Å².